The first-order valence-corrected chi connectivity index (χ1v) is 11.4. The zero-order chi connectivity index (χ0) is 21.9. The van der Waals surface area contributed by atoms with Crippen molar-refractivity contribution < 1.29 is 22.7 Å². The van der Waals surface area contributed by atoms with Gasteiger partial charge in [0.05, 0.1) is 29.8 Å². The van der Waals surface area contributed by atoms with Gasteiger partial charge in [-0.15, -0.1) is 0 Å². The fourth-order valence-electron chi connectivity index (χ4n) is 3.41. The van der Waals surface area contributed by atoms with Gasteiger partial charge in [0.15, 0.2) is 0 Å². The van der Waals surface area contributed by atoms with Crippen LogP contribution in [-0.2, 0) is 14.8 Å². The van der Waals surface area contributed by atoms with Crippen molar-refractivity contribution in [2.24, 2.45) is 5.92 Å². The number of halogens is 1. The zero-order valence-electron chi connectivity index (χ0n) is 17.1. The summed E-state index contributed by atoms with van der Waals surface area (Å²) < 4.78 is 37.6. The lowest BCUT2D eigenvalue weighted by molar-refractivity contribution is -0.120. The van der Waals surface area contributed by atoms with Crippen molar-refractivity contribution >= 4 is 33.2 Å². The van der Waals surface area contributed by atoms with E-state index in [0.29, 0.717) is 35.1 Å². The number of ether oxygens (including phenoxy) is 2. The highest BCUT2D eigenvalue weighted by Gasteiger charge is 2.32. The molecule has 1 aliphatic heterocycles. The summed E-state index contributed by atoms with van der Waals surface area (Å²) >= 11 is 6.10. The first kappa shape index (κ1) is 22.4. The van der Waals surface area contributed by atoms with E-state index in [1.54, 1.807) is 36.4 Å². The van der Waals surface area contributed by atoms with Crippen LogP contribution < -0.4 is 14.8 Å². The standard InChI is InChI=1S/C21H25ClN2O5S/c1-14-4-6-16(7-5-14)30(26,27)24-10-8-15(9-11-24)21(25)23-18-13-19(28-2)17(22)12-20(18)29-3/h4-7,12-13,15H,8-11H2,1-3H3,(H,23,25). The Hall–Kier alpha value is -2.29. The Labute approximate surface area is 182 Å². The molecule has 162 valence electrons. The predicted molar refractivity (Wildman–Crippen MR) is 116 cm³/mol. The zero-order valence-corrected chi connectivity index (χ0v) is 18.7. The number of nitrogens with one attached hydrogen (secondary N) is 1. The lowest BCUT2D eigenvalue weighted by Crippen LogP contribution is -2.41. The van der Waals surface area contributed by atoms with Crippen LogP contribution in [0.5, 0.6) is 11.5 Å². The normalized spacial score (nSPS) is 15.6. The summed E-state index contributed by atoms with van der Waals surface area (Å²) in [6, 6.07) is 9.97. The molecule has 0 unspecified atom stereocenters. The van der Waals surface area contributed by atoms with E-state index < -0.39 is 10.0 Å². The molecule has 1 saturated heterocycles. The molecule has 2 aromatic rings. The maximum atomic E-state index is 12.8. The van der Waals surface area contributed by atoms with Crippen molar-refractivity contribution in [1.82, 2.24) is 4.31 Å². The number of amides is 1. The summed E-state index contributed by atoms with van der Waals surface area (Å²) in [7, 11) is -0.583. The number of methoxy groups -OCH3 is 2. The Bertz CT molecular complexity index is 1020. The Morgan fingerprint density at radius 3 is 2.23 bits per heavy atom. The molecule has 1 heterocycles. The molecule has 1 amide bonds. The number of carbonyl (C=O) groups is 1. The monoisotopic (exact) mass is 452 g/mol. The van der Waals surface area contributed by atoms with Gasteiger partial charge in [0, 0.05) is 31.1 Å². The number of benzene rings is 2. The fourth-order valence-corrected chi connectivity index (χ4v) is 5.11. The van der Waals surface area contributed by atoms with Gasteiger partial charge in [-0.05, 0) is 31.9 Å². The number of nitrogens with zero attached hydrogens (tertiary/aromatic N) is 1. The molecule has 9 heteroatoms. The average Bonchev–Trinajstić information content (AvgIpc) is 2.75. The summed E-state index contributed by atoms with van der Waals surface area (Å²) in [6.07, 6.45) is 0.869. The average molecular weight is 453 g/mol. The lowest BCUT2D eigenvalue weighted by Gasteiger charge is -2.30. The molecule has 30 heavy (non-hydrogen) atoms. The Balaban J connectivity index is 1.67. The van der Waals surface area contributed by atoms with Gasteiger partial charge in [0.2, 0.25) is 15.9 Å². The third kappa shape index (κ3) is 4.71. The number of hydrogen-bond acceptors (Lipinski definition) is 5. The molecule has 0 aromatic heterocycles. The first-order valence-electron chi connectivity index (χ1n) is 9.55. The van der Waals surface area contributed by atoms with E-state index >= 15 is 0 Å². The van der Waals surface area contributed by atoms with Crippen molar-refractivity contribution in [1.29, 1.82) is 0 Å². The fraction of sp³-hybridized carbons (Fsp3) is 0.381. The number of sulfonamides is 1. The summed E-state index contributed by atoms with van der Waals surface area (Å²) in [5, 5.41) is 3.23. The van der Waals surface area contributed by atoms with Crippen molar-refractivity contribution in [2.45, 2.75) is 24.7 Å². The van der Waals surface area contributed by atoms with Gasteiger partial charge < -0.3 is 14.8 Å². The van der Waals surface area contributed by atoms with Crippen LogP contribution >= 0.6 is 11.6 Å². The number of aryl methyl sites for hydroxylation is 1. The van der Waals surface area contributed by atoms with Gasteiger partial charge >= 0.3 is 0 Å². The van der Waals surface area contributed by atoms with Crippen LogP contribution in [0.2, 0.25) is 5.02 Å². The third-order valence-electron chi connectivity index (χ3n) is 5.22. The van der Waals surface area contributed by atoms with Gasteiger partial charge in [0.25, 0.3) is 0 Å². The number of hydrogen-bond donors (Lipinski definition) is 1. The number of carbonyl (C=O) groups excluding carboxylic acids is 1. The molecule has 2 aromatic carbocycles. The lowest BCUT2D eigenvalue weighted by atomic mass is 9.97. The van der Waals surface area contributed by atoms with E-state index in [0.717, 1.165) is 5.56 Å². The number of rotatable bonds is 6. The van der Waals surface area contributed by atoms with Crippen LogP contribution in [0, 0.1) is 12.8 Å². The maximum Gasteiger partial charge on any atom is 0.243 e. The molecule has 7 nitrogen and oxygen atoms in total. The van der Waals surface area contributed by atoms with E-state index in [9.17, 15) is 13.2 Å². The molecule has 0 spiro atoms. The minimum absolute atomic E-state index is 0.190. The Morgan fingerprint density at radius 2 is 1.67 bits per heavy atom. The summed E-state index contributed by atoms with van der Waals surface area (Å²) in [4.78, 5) is 13.0. The van der Waals surface area contributed by atoms with E-state index in [2.05, 4.69) is 5.32 Å². The van der Waals surface area contributed by atoms with Crippen LogP contribution in [0.15, 0.2) is 41.3 Å². The second kappa shape index (κ2) is 9.24. The second-order valence-corrected chi connectivity index (χ2v) is 9.51. The number of anilines is 1. The summed E-state index contributed by atoms with van der Waals surface area (Å²) in [6.45, 7) is 2.48. The van der Waals surface area contributed by atoms with E-state index in [1.807, 2.05) is 6.92 Å². The van der Waals surface area contributed by atoms with Gasteiger partial charge in [-0.2, -0.15) is 4.31 Å². The Kier molecular flexibility index (Phi) is 6.90. The molecule has 0 aliphatic carbocycles. The minimum Gasteiger partial charge on any atom is -0.495 e. The smallest absolute Gasteiger partial charge is 0.243 e. The second-order valence-electron chi connectivity index (χ2n) is 7.17. The summed E-state index contributed by atoms with van der Waals surface area (Å²) in [5.74, 6) is 0.353. The van der Waals surface area contributed by atoms with Crippen LogP contribution in [0.4, 0.5) is 5.69 Å². The molecule has 0 bridgehead atoms. The molecule has 3 rings (SSSR count). The van der Waals surface area contributed by atoms with Crippen LogP contribution in [0.25, 0.3) is 0 Å². The van der Waals surface area contributed by atoms with Gasteiger partial charge in [-0.3, -0.25) is 4.79 Å². The summed E-state index contributed by atoms with van der Waals surface area (Å²) in [5.41, 5.74) is 1.46. The maximum absolute atomic E-state index is 12.8. The molecule has 1 aliphatic rings. The van der Waals surface area contributed by atoms with E-state index in [-0.39, 0.29) is 29.8 Å². The van der Waals surface area contributed by atoms with E-state index in [1.165, 1.54) is 18.5 Å². The highest BCUT2D eigenvalue weighted by atomic mass is 35.5. The highest BCUT2D eigenvalue weighted by Crippen LogP contribution is 2.36. The van der Waals surface area contributed by atoms with Crippen molar-refractivity contribution in [3.63, 3.8) is 0 Å². The van der Waals surface area contributed by atoms with Crippen LogP contribution in [0.3, 0.4) is 0 Å². The predicted octanol–water partition coefficient (Wildman–Crippen LogP) is 3.71. The van der Waals surface area contributed by atoms with E-state index in [4.69, 9.17) is 21.1 Å². The van der Waals surface area contributed by atoms with Crippen LogP contribution in [0.1, 0.15) is 18.4 Å². The molecule has 0 atom stereocenters. The molecular weight excluding hydrogens is 428 g/mol. The third-order valence-corrected chi connectivity index (χ3v) is 7.42. The van der Waals surface area contributed by atoms with Gasteiger partial charge in [-0.25, -0.2) is 8.42 Å². The van der Waals surface area contributed by atoms with Crippen molar-refractivity contribution in [2.75, 3.05) is 32.6 Å². The first-order chi connectivity index (χ1) is 14.3. The molecule has 0 saturated carbocycles. The quantitative estimate of drug-likeness (QED) is 0.722. The largest absolute Gasteiger partial charge is 0.495 e. The highest BCUT2D eigenvalue weighted by molar-refractivity contribution is 7.89. The van der Waals surface area contributed by atoms with Crippen molar-refractivity contribution in [3.05, 3.63) is 47.0 Å². The number of piperidine rings is 1. The molecular formula is C21H25ClN2O5S. The SMILES string of the molecule is COc1cc(NC(=O)C2CCN(S(=O)(=O)c3ccc(C)cc3)CC2)c(OC)cc1Cl. The topological polar surface area (TPSA) is 84.9 Å². The minimum atomic E-state index is -3.56. The van der Waals surface area contributed by atoms with Crippen molar-refractivity contribution in [3.8, 4) is 11.5 Å². The molecule has 0 radical (unpaired) electrons. The molecule has 1 N–H and O–H groups in total. The Morgan fingerprint density at radius 1 is 1.07 bits per heavy atom. The van der Waals surface area contributed by atoms with Gasteiger partial charge in [0.1, 0.15) is 11.5 Å². The molecule has 1 fully saturated rings. The van der Waals surface area contributed by atoms with Gasteiger partial charge in [-0.1, -0.05) is 29.3 Å². The van der Waals surface area contributed by atoms with Crippen LogP contribution in [-0.4, -0.2) is 45.9 Å².